The Hall–Kier alpha value is -2.51. The zero-order valence-corrected chi connectivity index (χ0v) is 16.3. The van der Waals surface area contributed by atoms with E-state index in [1.165, 1.54) is 6.33 Å². The molecule has 2 heterocycles. The van der Waals surface area contributed by atoms with Crippen molar-refractivity contribution in [2.45, 2.75) is 13.3 Å². The van der Waals surface area contributed by atoms with Crippen molar-refractivity contribution in [2.75, 3.05) is 18.5 Å². The summed E-state index contributed by atoms with van der Waals surface area (Å²) in [7, 11) is 1.88. The number of rotatable bonds is 7. The van der Waals surface area contributed by atoms with Crippen molar-refractivity contribution in [3.05, 3.63) is 40.8 Å². The van der Waals surface area contributed by atoms with Crippen molar-refractivity contribution < 1.29 is 14.3 Å². The molecule has 1 N–H and O–H groups in total. The second kappa shape index (κ2) is 8.45. The number of nitrogens with zero attached hydrogens (tertiary/aromatic N) is 3. The molecular formula is C18H18Cl2N4O3. The Labute approximate surface area is 166 Å². The van der Waals surface area contributed by atoms with E-state index in [9.17, 15) is 4.79 Å². The van der Waals surface area contributed by atoms with Gasteiger partial charge in [-0.2, -0.15) is 0 Å². The summed E-state index contributed by atoms with van der Waals surface area (Å²) in [6.45, 7) is 2.53. The summed E-state index contributed by atoms with van der Waals surface area (Å²) in [5.74, 6) is 0.406. The molecule has 0 bridgehead atoms. The lowest BCUT2D eigenvalue weighted by Crippen LogP contribution is -2.11. The molecule has 9 heteroatoms. The van der Waals surface area contributed by atoms with Gasteiger partial charge in [0, 0.05) is 25.5 Å². The summed E-state index contributed by atoms with van der Waals surface area (Å²) in [5, 5.41) is 4.48. The molecular weight excluding hydrogens is 391 g/mol. The second-order valence-corrected chi connectivity index (χ2v) is 6.51. The number of aryl methyl sites for hydroxylation is 1. The summed E-state index contributed by atoms with van der Waals surface area (Å²) in [6.07, 6.45) is 3.53. The fourth-order valence-corrected chi connectivity index (χ4v) is 3.10. The van der Waals surface area contributed by atoms with E-state index in [2.05, 4.69) is 15.3 Å². The summed E-state index contributed by atoms with van der Waals surface area (Å²) in [4.78, 5) is 19.8. The van der Waals surface area contributed by atoms with Gasteiger partial charge in [-0.05, 0) is 25.1 Å². The highest BCUT2D eigenvalue weighted by Crippen LogP contribution is 2.39. The van der Waals surface area contributed by atoms with E-state index in [0.29, 0.717) is 40.5 Å². The van der Waals surface area contributed by atoms with Crippen molar-refractivity contribution in [1.29, 1.82) is 0 Å². The SMILES string of the molecule is CCOC(=O)CCNc1cc(Cl)c(Oc2ncnc3c2ccn3C)c(Cl)c1. The van der Waals surface area contributed by atoms with E-state index in [-0.39, 0.29) is 12.4 Å². The number of aromatic nitrogens is 3. The molecule has 2 aromatic heterocycles. The predicted octanol–water partition coefficient (Wildman–Crippen LogP) is 4.43. The first-order valence-electron chi connectivity index (χ1n) is 8.32. The van der Waals surface area contributed by atoms with Gasteiger partial charge in [-0.15, -0.1) is 0 Å². The Morgan fingerprint density at radius 1 is 1.26 bits per heavy atom. The molecule has 0 aliphatic heterocycles. The number of carbonyl (C=O) groups excluding carboxylic acids is 1. The number of fused-ring (bicyclic) bond motifs is 1. The number of esters is 1. The Kier molecular flexibility index (Phi) is 6.03. The van der Waals surface area contributed by atoms with Crippen LogP contribution in [0.1, 0.15) is 13.3 Å². The van der Waals surface area contributed by atoms with Gasteiger partial charge < -0.3 is 19.4 Å². The van der Waals surface area contributed by atoms with Crippen LogP contribution < -0.4 is 10.1 Å². The van der Waals surface area contributed by atoms with Gasteiger partial charge in [0.25, 0.3) is 0 Å². The van der Waals surface area contributed by atoms with Crippen molar-refractivity contribution in [1.82, 2.24) is 14.5 Å². The molecule has 1 aromatic carbocycles. The third-order valence-electron chi connectivity index (χ3n) is 3.79. The highest BCUT2D eigenvalue weighted by molar-refractivity contribution is 6.37. The average Bonchev–Trinajstić information content (AvgIpc) is 3.00. The molecule has 0 unspecified atom stereocenters. The Bertz CT molecular complexity index is 951. The zero-order valence-electron chi connectivity index (χ0n) is 14.8. The van der Waals surface area contributed by atoms with Gasteiger partial charge in [-0.3, -0.25) is 4.79 Å². The maximum Gasteiger partial charge on any atom is 0.307 e. The van der Waals surface area contributed by atoms with Crippen LogP contribution in [0.15, 0.2) is 30.7 Å². The summed E-state index contributed by atoms with van der Waals surface area (Å²) in [5.41, 5.74) is 1.42. The van der Waals surface area contributed by atoms with Crippen LogP contribution in [-0.2, 0) is 16.6 Å². The number of carbonyl (C=O) groups is 1. The standard InChI is InChI=1S/C18H18Cl2N4O3/c1-3-26-15(25)4-6-21-11-8-13(19)16(14(20)9-11)27-18-12-5-7-24(2)17(12)22-10-23-18/h5,7-10,21H,3-4,6H2,1-2H3. The van der Waals surface area contributed by atoms with Gasteiger partial charge in [-0.1, -0.05) is 23.2 Å². The van der Waals surface area contributed by atoms with Crippen LogP contribution >= 0.6 is 23.2 Å². The molecule has 0 aliphatic rings. The normalized spacial score (nSPS) is 10.8. The van der Waals surface area contributed by atoms with Crippen molar-refractivity contribution in [2.24, 2.45) is 7.05 Å². The number of benzene rings is 1. The van der Waals surface area contributed by atoms with Crippen LogP contribution in [0.3, 0.4) is 0 Å². The molecule has 7 nitrogen and oxygen atoms in total. The zero-order chi connectivity index (χ0) is 19.4. The maximum absolute atomic E-state index is 11.4. The maximum atomic E-state index is 11.4. The number of halogens is 2. The van der Waals surface area contributed by atoms with E-state index in [0.717, 1.165) is 11.0 Å². The number of hydrogen-bond acceptors (Lipinski definition) is 6. The number of hydrogen-bond donors (Lipinski definition) is 1. The molecule has 3 aromatic rings. The van der Waals surface area contributed by atoms with Crippen LogP contribution in [0.4, 0.5) is 5.69 Å². The van der Waals surface area contributed by atoms with Crippen LogP contribution in [-0.4, -0.2) is 33.7 Å². The predicted molar refractivity (Wildman–Crippen MR) is 105 cm³/mol. The van der Waals surface area contributed by atoms with E-state index >= 15 is 0 Å². The molecule has 0 saturated carbocycles. The van der Waals surface area contributed by atoms with E-state index in [1.807, 2.05) is 23.9 Å². The van der Waals surface area contributed by atoms with Gasteiger partial charge in [-0.25, -0.2) is 9.97 Å². The average molecular weight is 409 g/mol. The van der Waals surface area contributed by atoms with Gasteiger partial charge in [0.2, 0.25) is 5.88 Å². The molecule has 0 fully saturated rings. The van der Waals surface area contributed by atoms with Crippen LogP contribution in [0, 0.1) is 0 Å². The summed E-state index contributed by atoms with van der Waals surface area (Å²) in [6, 6.07) is 5.21. The quantitative estimate of drug-likeness (QED) is 0.582. The largest absolute Gasteiger partial charge is 0.466 e. The lowest BCUT2D eigenvalue weighted by Gasteiger charge is -2.12. The molecule has 27 heavy (non-hydrogen) atoms. The summed E-state index contributed by atoms with van der Waals surface area (Å²) >= 11 is 12.7. The van der Waals surface area contributed by atoms with Crippen molar-refractivity contribution in [3.63, 3.8) is 0 Å². The Morgan fingerprint density at radius 2 is 2.00 bits per heavy atom. The van der Waals surface area contributed by atoms with Gasteiger partial charge in [0.15, 0.2) is 5.75 Å². The minimum absolute atomic E-state index is 0.244. The van der Waals surface area contributed by atoms with E-state index in [4.69, 9.17) is 32.7 Å². The van der Waals surface area contributed by atoms with Crippen LogP contribution in [0.2, 0.25) is 10.0 Å². The molecule has 0 atom stereocenters. The number of anilines is 1. The second-order valence-electron chi connectivity index (χ2n) is 5.70. The third kappa shape index (κ3) is 4.43. The fraction of sp³-hybridized carbons (Fsp3) is 0.278. The lowest BCUT2D eigenvalue weighted by atomic mass is 10.3. The molecule has 142 valence electrons. The Balaban J connectivity index is 1.76. The van der Waals surface area contributed by atoms with Gasteiger partial charge >= 0.3 is 5.97 Å². The monoisotopic (exact) mass is 408 g/mol. The van der Waals surface area contributed by atoms with E-state index in [1.54, 1.807) is 19.1 Å². The molecule has 0 amide bonds. The number of nitrogens with one attached hydrogen (secondary N) is 1. The molecule has 3 rings (SSSR count). The minimum atomic E-state index is -0.266. The van der Waals surface area contributed by atoms with Crippen molar-refractivity contribution in [3.8, 4) is 11.6 Å². The first-order chi connectivity index (χ1) is 13.0. The Morgan fingerprint density at radius 3 is 2.70 bits per heavy atom. The lowest BCUT2D eigenvalue weighted by molar-refractivity contribution is -0.142. The molecule has 0 saturated heterocycles. The third-order valence-corrected chi connectivity index (χ3v) is 4.35. The van der Waals surface area contributed by atoms with Crippen LogP contribution in [0.25, 0.3) is 11.0 Å². The van der Waals surface area contributed by atoms with Gasteiger partial charge in [0.1, 0.15) is 12.0 Å². The van der Waals surface area contributed by atoms with Crippen molar-refractivity contribution >= 4 is 45.9 Å². The topological polar surface area (TPSA) is 78.3 Å². The minimum Gasteiger partial charge on any atom is -0.466 e. The first-order valence-corrected chi connectivity index (χ1v) is 9.07. The summed E-state index contributed by atoms with van der Waals surface area (Å²) < 4.78 is 12.6. The smallest absolute Gasteiger partial charge is 0.307 e. The van der Waals surface area contributed by atoms with Crippen LogP contribution in [0.5, 0.6) is 11.6 Å². The molecule has 0 spiro atoms. The van der Waals surface area contributed by atoms with Gasteiger partial charge in [0.05, 0.1) is 28.5 Å². The number of ether oxygens (including phenoxy) is 2. The highest BCUT2D eigenvalue weighted by atomic mass is 35.5. The first kappa shape index (κ1) is 19.3. The highest BCUT2D eigenvalue weighted by Gasteiger charge is 2.15. The fourth-order valence-electron chi connectivity index (χ4n) is 2.53. The van der Waals surface area contributed by atoms with E-state index < -0.39 is 0 Å². The molecule has 0 aliphatic carbocycles. The molecule has 0 radical (unpaired) electrons.